The van der Waals surface area contributed by atoms with Gasteiger partial charge >= 0.3 is 7.12 Å². The number of amides is 1. The smallest absolute Gasteiger partial charge is 0.399 e. The van der Waals surface area contributed by atoms with Crippen LogP contribution in [0.1, 0.15) is 38.1 Å². The van der Waals surface area contributed by atoms with Crippen molar-refractivity contribution in [3.8, 4) is 0 Å². The molecule has 0 saturated carbocycles. The average molecular weight is 248 g/mol. The van der Waals surface area contributed by atoms with E-state index in [4.69, 9.17) is 15.0 Å². The summed E-state index contributed by atoms with van der Waals surface area (Å²) in [6.45, 7) is 7.81. The van der Waals surface area contributed by atoms with Crippen molar-refractivity contribution in [3.05, 3.63) is 24.0 Å². The molecule has 0 bridgehead atoms. The number of aromatic nitrogens is 1. The predicted molar refractivity (Wildman–Crippen MR) is 68.5 cm³/mol. The minimum absolute atomic E-state index is 0.378. The first kappa shape index (κ1) is 13.0. The number of carbonyl (C=O) groups is 1. The molecular formula is C12H17BN2O3. The van der Waals surface area contributed by atoms with E-state index in [1.807, 2.05) is 27.7 Å². The highest BCUT2D eigenvalue weighted by molar-refractivity contribution is 6.63. The Bertz CT molecular complexity index is 472. The van der Waals surface area contributed by atoms with E-state index in [2.05, 4.69) is 4.98 Å². The Morgan fingerprint density at radius 1 is 1.28 bits per heavy atom. The molecule has 2 rings (SSSR count). The van der Waals surface area contributed by atoms with Crippen molar-refractivity contribution in [2.75, 3.05) is 0 Å². The monoisotopic (exact) mass is 248 g/mol. The Morgan fingerprint density at radius 3 is 2.33 bits per heavy atom. The molecule has 1 saturated heterocycles. The topological polar surface area (TPSA) is 74.4 Å². The van der Waals surface area contributed by atoms with Gasteiger partial charge in [-0.2, -0.15) is 0 Å². The number of rotatable bonds is 2. The van der Waals surface area contributed by atoms with Crippen LogP contribution in [0.3, 0.4) is 0 Å². The van der Waals surface area contributed by atoms with Crippen LogP contribution in [0.25, 0.3) is 0 Å². The van der Waals surface area contributed by atoms with Gasteiger partial charge in [0.2, 0.25) is 5.91 Å². The number of hydrogen-bond donors (Lipinski definition) is 1. The minimum atomic E-state index is -0.619. The second-order valence-electron chi connectivity index (χ2n) is 5.42. The van der Waals surface area contributed by atoms with Crippen molar-refractivity contribution in [2.45, 2.75) is 38.9 Å². The molecule has 6 heteroatoms. The van der Waals surface area contributed by atoms with Crippen LogP contribution in [0.2, 0.25) is 0 Å². The number of hydrogen-bond acceptors (Lipinski definition) is 4. The summed E-state index contributed by atoms with van der Waals surface area (Å²) in [5, 5.41) is 0. The highest BCUT2D eigenvalue weighted by Gasteiger charge is 2.52. The van der Waals surface area contributed by atoms with E-state index in [1.54, 1.807) is 12.3 Å². The first-order valence-corrected chi connectivity index (χ1v) is 5.84. The predicted octanol–water partition coefficient (Wildman–Crippen LogP) is 0.480. The van der Waals surface area contributed by atoms with Crippen LogP contribution >= 0.6 is 0 Å². The maximum absolute atomic E-state index is 11.4. The van der Waals surface area contributed by atoms with E-state index in [1.165, 1.54) is 6.20 Å². The van der Waals surface area contributed by atoms with Gasteiger partial charge in [-0.05, 0) is 33.8 Å². The molecule has 0 spiro atoms. The van der Waals surface area contributed by atoms with Gasteiger partial charge in [0.15, 0.2) is 0 Å². The van der Waals surface area contributed by atoms with Crippen LogP contribution in [0.5, 0.6) is 0 Å². The molecule has 0 unspecified atom stereocenters. The lowest BCUT2D eigenvalue weighted by Crippen LogP contribution is -2.41. The molecule has 96 valence electrons. The van der Waals surface area contributed by atoms with Gasteiger partial charge in [0, 0.05) is 23.4 Å². The minimum Gasteiger partial charge on any atom is -0.399 e. The summed E-state index contributed by atoms with van der Waals surface area (Å²) in [5.74, 6) is -0.512. The molecule has 0 atom stereocenters. The lowest BCUT2D eigenvalue weighted by molar-refractivity contribution is 0.00578. The van der Waals surface area contributed by atoms with E-state index in [-0.39, 0.29) is 0 Å². The maximum Gasteiger partial charge on any atom is 0.497 e. The third-order valence-electron chi connectivity index (χ3n) is 3.62. The van der Waals surface area contributed by atoms with Crippen LogP contribution in [0.15, 0.2) is 18.5 Å². The van der Waals surface area contributed by atoms with Crippen molar-refractivity contribution in [2.24, 2.45) is 5.73 Å². The Labute approximate surface area is 107 Å². The highest BCUT2D eigenvalue weighted by atomic mass is 16.7. The molecule has 0 aromatic carbocycles. The number of nitrogens with zero attached hydrogens (tertiary/aromatic N) is 1. The van der Waals surface area contributed by atoms with Crippen molar-refractivity contribution in [1.82, 2.24) is 4.98 Å². The number of primary amides is 1. The van der Waals surface area contributed by atoms with Crippen molar-refractivity contribution in [3.63, 3.8) is 0 Å². The molecule has 2 heterocycles. The summed E-state index contributed by atoms with van der Waals surface area (Å²) in [5.41, 5.74) is 5.38. The SMILES string of the molecule is CC1(C)OB(c2cnccc2C(N)=O)OC1(C)C. The zero-order valence-electron chi connectivity index (χ0n) is 11.1. The van der Waals surface area contributed by atoms with E-state index >= 15 is 0 Å². The van der Waals surface area contributed by atoms with Gasteiger partial charge in [-0.15, -0.1) is 0 Å². The first-order valence-electron chi connectivity index (χ1n) is 5.84. The number of nitrogens with two attached hydrogens (primary N) is 1. The van der Waals surface area contributed by atoms with Gasteiger partial charge in [0.1, 0.15) is 0 Å². The zero-order valence-corrected chi connectivity index (χ0v) is 11.1. The lowest BCUT2D eigenvalue weighted by Gasteiger charge is -2.32. The molecule has 1 aromatic heterocycles. The standard InChI is InChI=1S/C12H17BN2O3/c1-11(2)12(3,4)18-13(17-11)9-7-15-6-5-8(9)10(14)16/h5-7H,1-4H3,(H2,14,16). The summed E-state index contributed by atoms with van der Waals surface area (Å²) < 4.78 is 11.7. The van der Waals surface area contributed by atoms with Gasteiger partial charge in [-0.1, -0.05) is 0 Å². The van der Waals surface area contributed by atoms with Gasteiger partial charge in [-0.25, -0.2) is 0 Å². The molecule has 0 radical (unpaired) electrons. The lowest BCUT2D eigenvalue weighted by atomic mass is 9.77. The van der Waals surface area contributed by atoms with Gasteiger partial charge in [0.25, 0.3) is 0 Å². The maximum atomic E-state index is 11.4. The Balaban J connectivity index is 2.38. The third-order valence-corrected chi connectivity index (χ3v) is 3.62. The first-order chi connectivity index (χ1) is 8.24. The summed E-state index contributed by atoms with van der Waals surface area (Å²) in [7, 11) is -0.619. The van der Waals surface area contributed by atoms with Crippen LogP contribution in [0.4, 0.5) is 0 Å². The van der Waals surface area contributed by atoms with Crippen LogP contribution < -0.4 is 11.2 Å². The van der Waals surface area contributed by atoms with Crippen molar-refractivity contribution in [1.29, 1.82) is 0 Å². The Hall–Kier alpha value is -1.40. The van der Waals surface area contributed by atoms with Crippen LogP contribution in [0, 0.1) is 0 Å². The van der Waals surface area contributed by atoms with Gasteiger partial charge in [-0.3, -0.25) is 9.78 Å². The zero-order chi connectivity index (χ0) is 13.6. The van der Waals surface area contributed by atoms with Gasteiger partial charge in [0.05, 0.1) is 11.2 Å². The number of carbonyl (C=O) groups excluding carboxylic acids is 1. The molecule has 5 nitrogen and oxygen atoms in total. The fourth-order valence-electron chi connectivity index (χ4n) is 1.79. The summed E-state index contributed by atoms with van der Waals surface area (Å²) in [6.07, 6.45) is 3.08. The second kappa shape index (κ2) is 4.07. The normalized spacial score (nSPS) is 21.0. The van der Waals surface area contributed by atoms with Crippen molar-refractivity contribution >= 4 is 18.5 Å². The van der Waals surface area contributed by atoms with Gasteiger partial charge < -0.3 is 15.0 Å². The molecule has 2 N–H and O–H groups in total. The molecule has 18 heavy (non-hydrogen) atoms. The summed E-state index contributed by atoms with van der Waals surface area (Å²) in [4.78, 5) is 15.4. The van der Waals surface area contributed by atoms with E-state index in [9.17, 15) is 4.79 Å². The van der Waals surface area contributed by atoms with Crippen molar-refractivity contribution < 1.29 is 14.1 Å². The quantitative estimate of drug-likeness (QED) is 0.772. The molecule has 1 fully saturated rings. The van der Waals surface area contributed by atoms with E-state index < -0.39 is 24.2 Å². The Morgan fingerprint density at radius 2 is 1.83 bits per heavy atom. The molecule has 1 aliphatic rings. The molecular weight excluding hydrogens is 231 g/mol. The fraction of sp³-hybridized carbons (Fsp3) is 0.500. The summed E-state index contributed by atoms with van der Waals surface area (Å²) in [6, 6.07) is 1.57. The van der Waals surface area contributed by atoms with Crippen LogP contribution in [-0.2, 0) is 9.31 Å². The third kappa shape index (κ3) is 2.02. The molecule has 1 aromatic rings. The molecule has 1 aliphatic heterocycles. The van der Waals surface area contributed by atoms with E-state index in [0.29, 0.717) is 11.0 Å². The van der Waals surface area contributed by atoms with Crippen LogP contribution in [-0.4, -0.2) is 29.2 Å². The number of pyridine rings is 1. The van der Waals surface area contributed by atoms with E-state index in [0.717, 1.165) is 0 Å². The summed E-state index contributed by atoms with van der Waals surface area (Å²) >= 11 is 0. The largest absolute Gasteiger partial charge is 0.497 e. The second-order valence-corrected chi connectivity index (χ2v) is 5.42. The molecule has 1 amide bonds. The Kier molecular flexibility index (Phi) is 2.95. The fourth-order valence-corrected chi connectivity index (χ4v) is 1.79. The molecule has 0 aliphatic carbocycles. The highest BCUT2D eigenvalue weighted by Crippen LogP contribution is 2.36. The average Bonchev–Trinajstić information content (AvgIpc) is 2.48.